The normalized spacial score (nSPS) is 10.0. The van der Waals surface area contributed by atoms with Crippen molar-refractivity contribution in [3.8, 4) is 0 Å². The number of nitrogen functional groups attached to an aromatic ring is 1. The lowest BCUT2D eigenvalue weighted by atomic mass is 10.1. The molecule has 1 aromatic carbocycles. The molecule has 0 unspecified atom stereocenters. The van der Waals surface area contributed by atoms with E-state index in [0.29, 0.717) is 17.1 Å². The van der Waals surface area contributed by atoms with E-state index in [1.807, 2.05) is 0 Å². The zero-order valence-electron chi connectivity index (χ0n) is 10.4. The summed E-state index contributed by atoms with van der Waals surface area (Å²) in [6.07, 6.45) is 1.32. The lowest BCUT2D eigenvalue weighted by Crippen LogP contribution is -2.16. The Morgan fingerprint density at radius 3 is 2.70 bits per heavy atom. The summed E-state index contributed by atoms with van der Waals surface area (Å²) in [6.45, 7) is 0. The first-order valence-corrected chi connectivity index (χ1v) is 5.80. The molecule has 7 nitrogen and oxygen atoms in total. The molecule has 0 saturated carbocycles. The molecular formula is C13H12N4O3. The number of amides is 1. The van der Waals surface area contributed by atoms with Crippen LogP contribution in [0.3, 0.4) is 0 Å². The molecule has 0 radical (unpaired) electrons. The van der Waals surface area contributed by atoms with Gasteiger partial charge in [0.2, 0.25) is 5.91 Å². The number of nitro benzene ring substituents is 1. The molecule has 2 rings (SSSR count). The molecule has 7 heteroatoms. The van der Waals surface area contributed by atoms with Crippen molar-refractivity contribution in [3.05, 3.63) is 58.3 Å². The molecule has 0 aliphatic rings. The van der Waals surface area contributed by atoms with Gasteiger partial charge in [-0.1, -0.05) is 18.2 Å². The average molecular weight is 272 g/mol. The van der Waals surface area contributed by atoms with E-state index < -0.39 is 4.92 Å². The summed E-state index contributed by atoms with van der Waals surface area (Å²) in [5, 5.41) is 13.4. The van der Waals surface area contributed by atoms with Crippen molar-refractivity contribution < 1.29 is 9.72 Å². The van der Waals surface area contributed by atoms with Gasteiger partial charge in [-0.15, -0.1) is 0 Å². The molecule has 1 aromatic heterocycles. The van der Waals surface area contributed by atoms with Gasteiger partial charge in [0.15, 0.2) is 0 Å². The Bertz CT molecular complexity index is 640. The lowest BCUT2D eigenvalue weighted by Gasteiger charge is -2.05. The number of hydrogen-bond donors (Lipinski definition) is 2. The van der Waals surface area contributed by atoms with Gasteiger partial charge in [-0.2, -0.15) is 0 Å². The summed E-state index contributed by atoms with van der Waals surface area (Å²) in [6, 6.07) is 9.29. The number of nitrogens with one attached hydrogen (secondary N) is 1. The topological polar surface area (TPSA) is 111 Å². The Balaban J connectivity index is 2.08. The molecular weight excluding hydrogens is 260 g/mol. The third kappa shape index (κ3) is 3.29. The van der Waals surface area contributed by atoms with E-state index in [1.165, 1.54) is 12.3 Å². The highest BCUT2D eigenvalue weighted by Gasteiger charge is 2.15. The van der Waals surface area contributed by atoms with Gasteiger partial charge in [0.05, 0.1) is 23.2 Å². The van der Waals surface area contributed by atoms with Gasteiger partial charge in [0, 0.05) is 11.6 Å². The van der Waals surface area contributed by atoms with Gasteiger partial charge in [0.1, 0.15) is 5.82 Å². The highest BCUT2D eigenvalue weighted by Crippen LogP contribution is 2.18. The summed E-state index contributed by atoms with van der Waals surface area (Å²) < 4.78 is 0. The van der Waals surface area contributed by atoms with Crippen LogP contribution in [-0.2, 0) is 11.2 Å². The van der Waals surface area contributed by atoms with Crippen LogP contribution in [0.25, 0.3) is 0 Å². The number of carbonyl (C=O) groups excluding carboxylic acids is 1. The first-order valence-electron chi connectivity index (χ1n) is 5.80. The molecule has 0 bridgehead atoms. The van der Waals surface area contributed by atoms with E-state index in [4.69, 9.17) is 5.73 Å². The van der Waals surface area contributed by atoms with E-state index in [9.17, 15) is 14.9 Å². The summed E-state index contributed by atoms with van der Waals surface area (Å²) >= 11 is 0. The minimum atomic E-state index is -0.510. The maximum Gasteiger partial charge on any atom is 0.273 e. The summed E-state index contributed by atoms with van der Waals surface area (Å²) in [4.78, 5) is 26.1. The molecule has 1 amide bonds. The standard InChI is InChI=1S/C13H12N4O3/c14-10-5-6-12(15-8-10)16-13(18)7-9-3-1-2-4-11(9)17(19)20/h1-6,8H,7,14H2,(H,15,16,18). The monoisotopic (exact) mass is 272 g/mol. The van der Waals surface area contributed by atoms with E-state index in [-0.39, 0.29) is 18.0 Å². The highest BCUT2D eigenvalue weighted by molar-refractivity contribution is 5.92. The van der Waals surface area contributed by atoms with Crippen LogP contribution in [0.2, 0.25) is 0 Å². The van der Waals surface area contributed by atoms with Crippen LogP contribution in [0, 0.1) is 10.1 Å². The molecule has 0 aliphatic heterocycles. The second kappa shape index (κ2) is 5.79. The fourth-order valence-electron chi connectivity index (χ4n) is 1.68. The largest absolute Gasteiger partial charge is 0.397 e. The Morgan fingerprint density at radius 1 is 1.30 bits per heavy atom. The fraction of sp³-hybridized carbons (Fsp3) is 0.0769. The Hall–Kier alpha value is -2.96. The third-order valence-corrected chi connectivity index (χ3v) is 2.59. The number of hydrogen-bond acceptors (Lipinski definition) is 5. The molecule has 102 valence electrons. The summed E-state index contributed by atoms with van der Waals surface area (Å²) in [7, 11) is 0. The number of benzene rings is 1. The van der Waals surface area contributed by atoms with Crippen molar-refractivity contribution in [2.24, 2.45) is 0 Å². The minimum Gasteiger partial charge on any atom is -0.397 e. The SMILES string of the molecule is Nc1ccc(NC(=O)Cc2ccccc2[N+](=O)[O-])nc1. The quantitative estimate of drug-likeness (QED) is 0.650. The molecule has 20 heavy (non-hydrogen) atoms. The van der Waals surface area contributed by atoms with E-state index in [2.05, 4.69) is 10.3 Å². The first-order chi connectivity index (χ1) is 9.56. The summed E-state index contributed by atoms with van der Waals surface area (Å²) in [5.74, 6) is -0.0284. The Labute approximate surface area is 114 Å². The van der Waals surface area contributed by atoms with Crippen molar-refractivity contribution in [1.29, 1.82) is 0 Å². The second-order valence-corrected chi connectivity index (χ2v) is 4.09. The van der Waals surface area contributed by atoms with Crippen molar-refractivity contribution >= 4 is 23.1 Å². The van der Waals surface area contributed by atoms with Gasteiger partial charge in [-0.05, 0) is 12.1 Å². The number of para-hydroxylation sites is 1. The van der Waals surface area contributed by atoms with Crippen LogP contribution in [0.1, 0.15) is 5.56 Å². The number of rotatable bonds is 4. The van der Waals surface area contributed by atoms with Gasteiger partial charge in [0.25, 0.3) is 5.69 Å². The Kier molecular flexibility index (Phi) is 3.90. The lowest BCUT2D eigenvalue weighted by molar-refractivity contribution is -0.385. The second-order valence-electron chi connectivity index (χ2n) is 4.09. The molecule has 2 aromatic rings. The van der Waals surface area contributed by atoms with Crippen LogP contribution in [0.5, 0.6) is 0 Å². The zero-order chi connectivity index (χ0) is 14.5. The molecule has 3 N–H and O–H groups in total. The van der Waals surface area contributed by atoms with Crippen LogP contribution < -0.4 is 11.1 Å². The van der Waals surface area contributed by atoms with Crippen LogP contribution >= 0.6 is 0 Å². The molecule has 0 saturated heterocycles. The first kappa shape index (κ1) is 13.5. The number of carbonyl (C=O) groups is 1. The maximum absolute atomic E-state index is 11.8. The number of nitrogens with two attached hydrogens (primary N) is 1. The van der Waals surface area contributed by atoms with Crippen molar-refractivity contribution in [2.75, 3.05) is 11.1 Å². The zero-order valence-corrected chi connectivity index (χ0v) is 10.4. The molecule has 0 atom stereocenters. The maximum atomic E-state index is 11.8. The van der Waals surface area contributed by atoms with E-state index in [0.717, 1.165) is 0 Å². The molecule has 1 heterocycles. The van der Waals surface area contributed by atoms with Crippen LogP contribution in [0.4, 0.5) is 17.2 Å². The molecule has 0 spiro atoms. The number of nitro groups is 1. The average Bonchev–Trinajstić information content (AvgIpc) is 2.41. The van der Waals surface area contributed by atoms with Crippen LogP contribution in [-0.4, -0.2) is 15.8 Å². The van der Waals surface area contributed by atoms with Gasteiger partial charge < -0.3 is 11.1 Å². The van der Waals surface area contributed by atoms with Gasteiger partial charge >= 0.3 is 0 Å². The highest BCUT2D eigenvalue weighted by atomic mass is 16.6. The predicted octanol–water partition coefficient (Wildman–Crippen LogP) is 1.75. The van der Waals surface area contributed by atoms with Crippen molar-refractivity contribution in [3.63, 3.8) is 0 Å². The van der Waals surface area contributed by atoms with Gasteiger partial charge in [-0.25, -0.2) is 4.98 Å². The number of nitrogens with zero attached hydrogens (tertiary/aromatic N) is 2. The predicted molar refractivity (Wildman–Crippen MR) is 74.1 cm³/mol. The van der Waals surface area contributed by atoms with Crippen molar-refractivity contribution in [1.82, 2.24) is 4.98 Å². The molecule has 0 aliphatic carbocycles. The smallest absolute Gasteiger partial charge is 0.273 e. The number of anilines is 2. The summed E-state index contributed by atoms with van der Waals surface area (Å²) in [5.41, 5.74) is 6.25. The minimum absolute atomic E-state index is 0.0760. The number of aromatic nitrogens is 1. The van der Waals surface area contributed by atoms with Crippen molar-refractivity contribution in [2.45, 2.75) is 6.42 Å². The van der Waals surface area contributed by atoms with Crippen LogP contribution in [0.15, 0.2) is 42.6 Å². The van der Waals surface area contributed by atoms with Gasteiger partial charge in [-0.3, -0.25) is 14.9 Å². The fourth-order valence-corrected chi connectivity index (χ4v) is 1.68. The number of pyridine rings is 1. The Morgan fingerprint density at radius 2 is 2.05 bits per heavy atom. The third-order valence-electron chi connectivity index (χ3n) is 2.59. The van der Waals surface area contributed by atoms with E-state index >= 15 is 0 Å². The van der Waals surface area contributed by atoms with E-state index in [1.54, 1.807) is 30.3 Å². The molecule has 0 fully saturated rings.